The van der Waals surface area contributed by atoms with E-state index in [4.69, 9.17) is 0 Å². The Kier molecular flexibility index (Phi) is 6.37. The summed E-state index contributed by atoms with van der Waals surface area (Å²) in [6.45, 7) is 9.16. The van der Waals surface area contributed by atoms with Crippen LogP contribution in [0.1, 0.15) is 47.4 Å². The number of nitrogens with one attached hydrogen (secondary N) is 2. The van der Waals surface area contributed by atoms with Crippen molar-refractivity contribution in [2.45, 2.75) is 37.8 Å². The quantitative estimate of drug-likeness (QED) is 0.795. The fraction of sp³-hybridized carbons (Fsp3) is 0.583. The molecule has 4 heterocycles. The highest BCUT2D eigenvalue weighted by molar-refractivity contribution is 5.29. The van der Waals surface area contributed by atoms with E-state index in [1.54, 1.807) is 0 Å². The molecule has 0 unspecified atom stereocenters. The van der Waals surface area contributed by atoms with Crippen LogP contribution in [-0.2, 0) is 12.8 Å². The average molecular weight is 407 g/mol. The van der Waals surface area contributed by atoms with Crippen molar-refractivity contribution in [3.05, 3.63) is 59.2 Å². The zero-order valence-electron chi connectivity index (χ0n) is 17.9. The number of aromatic nitrogens is 2. The largest absolute Gasteiger partial charge is 0.314 e. The molecule has 0 bridgehead atoms. The summed E-state index contributed by atoms with van der Waals surface area (Å²) in [7, 11) is 0. The average Bonchev–Trinajstić information content (AvgIpc) is 3.45. The zero-order chi connectivity index (χ0) is 20.2. The Morgan fingerprint density at radius 1 is 0.667 bits per heavy atom. The van der Waals surface area contributed by atoms with Crippen LogP contribution in [0.5, 0.6) is 0 Å². The monoisotopic (exact) mass is 406 g/mol. The predicted molar refractivity (Wildman–Crippen MR) is 119 cm³/mol. The number of nitrogens with zero attached hydrogens (tertiary/aromatic N) is 4. The molecule has 6 rings (SSSR count). The molecule has 0 saturated carbocycles. The topological polar surface area (TPSA) is 56.3 Å². The van der Waals surface area contributed by atoms with Gasteiger partial charge in [-0.15, -0.1) is 0 Å². The minimum atomic E-state index is 0.586. The maximum atomic E-state index is 4.55. The minimum Gasteiger partial charge on any atom is -0.314 e. The molecule has 2 N–H and O–H groups in total. The van der Waals surface area contributed by atoms with E-state index < -0.39 is 0 Å². The summed E-state index contributed by atoms with van der Waals surface area (Å²) in [4.78, 5) is 14.3. The van der Waals surface area contributed by atoms with Gasteiger partial charge in [0.1, 0.15) is 0 Å². The number of fused-ring (bicyclic) bond motifs is 2. The third-order valence-corrected chi connectivity index (χ3v) is 7.04. The fourth-order valence-corrected chi connectivity index (χ4v) is 5.48. The van der Waals surface area contributed by atoms with Crippen molar-refractivity contribution in [1.82, 2.24) is 30.4 Å². The Hall–Kier alpha value is -1.86. The SMILES string of the molecule is c1cnc2c(c1)CC[C@@H]2N1CCNCC1.c1cnc2c(c1)CC[C@H]2N1CCNCC1. The van der Waals surface area contributed by atoms with E-state index >= 15 is 0 Å². The van der Waals surface area contributed by atoms with Gasteiger partial charge in [-0.2, -0.15) is 0 Å². The molecule has 0 amide bonds. The Bertz CT molecular complexity index is 758. The van der Waals surface area contributed by atoms with Gasteiger partial charge in [0, 0.05) is 64.8 Å². The van der Waals surface area contributed by atoms with Crippen molar-refractivity contribution in [1.29, 1.82) is 0 Å². The molecule has 2 atom stereocenters. The number of aryl methyl sites for hydroxylation is 2. The fourth-order valence-electron chi connectivity index (χ4n) is 5.48. The third-order valence-electron chi connectivity index (χ3n) is 7.04. The van der Waals surface area contributed by atoms with Crippen LogP contribution in [0, 0.1) is 0 Å². The van der Waals surface area contributed by atoms with E-state index in [2.05, 4.69) is 54.7 Å². The zero-order valence-corrected chi connectivity index (χ0v) is 17.9. The lowest BCUT2D eigenvalue weighted by Gasteiger charge is -2.32. The van der Waals surface area contributed by atoms with Gasteiger partial charge in [0.2, 0.25) is 0 Å². The molecule has 2 aromatic rings. The molecule has 0 aromatic carbocycles. The smallest absolute Gasteiger partial charge is 0.0607 e. The van der Waals surface area contributed by atoms with Crippen LogP contribution in [0.3, 0.4) is 0 Å². The standard InChI is InChI=1S/2C12H17N3/c2*1-2-10-3-4-11(12(10)14-5-1)15-8-6-13-7-9-15/h2*1-2,5,11,13H,3-4,6-9H2/t2*11-/m10/s1. The van der Waals surface area contributed by atoms with Gasteiger partial charge >= 0.3 is 0 Å². The highest BCUT2D eigenvalue weighted by Crippen LogP contribution is 2.34. The summed E-state index contributed by atoms with van der Waals surface area (Å²) in [6, 6.07) is 9.74. The van der Waals surface area contributed by atoms with E-state index in [1.165, 1.54) is 74.4 Å². The first-order valence-electron chi connectivity index (χ1n) is 11.7. The summed E-state index contributed by atoms with van der Waals surface area (Å²) in [5.41, 5.74) is 5.58. The van der Waals surface area contributed by atoms with Crippen LogP contribution in [-0.4, -0.2) is 72.1 Å². The summed E-state index contributed by atoms with van der Waals surface area (Å²) < 4.78 is 0. The first-order chi connectivity index (χ1) is 14.9. The van der Waals surface area contributed by atoms with Gasteiger partial charge in [0.05, 0.1) is 23.5 Å². The first kappa shape index (κ1) is 20.1. The van der Waals surface area contributed by atoms with E-state index in [1.807, 2.05) is 12.4 Å². The molecule has 2 aliphatic heterocycles. The second-order valence-corrected chi connectivity index (χ2v) is 8.78. The van der Waals surface area contributed by atoms with Gasteiger partial charge < -0.3 is 10.6 Å². The van der Waals surface area contributed by atoms with E-state index in [0.717, 1.165) is 26.2 Å². The Balaban J connectivity index is 0.000000128. The maximum Gasteiger partial charge on any atom is 0.0607 e. The summed E-state index contributed by atoms with van der Waals surface area (Å²) in [5, 5.41) is 6.80. The van der Waals surface area contributed by atoms with Gasteiger partial charge in [-0.05, 0) is 48.9 Å². The lowest BCUT2D eigenvalue weighted by molar-refractivity contribution is 0.171. The van der Waals surface area contributed by atoms with Crippen LogP contribution in [0.25, 0.3) is 0 Å². The Labute approximate surface area is 180 Å². The van der Waals surface area contributed by atoms with Gasteiger partial charge in [0.15, 0.2) is 0 Å². The molecule has 2 aromatic heterocycles. The molecule has 6 heteroatoms. The van der Waals surface area contributed by atoms with E-state index in [0.29, 0.717) is 12.1 Å². The number of piperazine rings is 2. The van der Waals surface area contributed by atoms with Crippen LogP contribution in [0.4, 0.5) is 0 Å². The summed E-state index contributed by atoms with van der Waals surface area (Å²) in [5.74, 6) is 0. The predicted octanol–water partition coefficient (Wildman–Crippen LogP) is 1.95. The first-order valence-corrected chi connectivity index (χ1v) is 11.7. The van der Waals surface area contributed by atoms with Crippen molar-refractivity contribution in [3.8, 4) is 0 Å². The van der Waals surface area contributed by atoms with Crippen molar-refractivity contribution in [2.24, 2.45) is 0 Å². The third kappa shape index (κ3) is 4.28. The van der Waals surface area contributed by atoms with Gasteiger partial charge in [-0.1, -0.05) is 12.1 Å². The molecule has 4 aliphatic rings. The van der Waals surface area contributed by atoms with Gasteiger partial charge in [-0.3, -0.25) is 19.8 Å². The second-order valence-electron chi connectivity index (χ2n) is 8.78. The van der Waals surface area contributed by atoms with Crippen molar-refractivity contribution in [2.75, 3.05) is 52.4 Å². The lowest BCUT2D eigenvalue weighted by atomic mass is 10.1. The minimum absolute atomic E-state index is 0.586. The van der Waals surface area contributed by atoms with Gasteiger partial charge in [0.25, 0.3) is 0 Å². The van der Waals surface area contributed by atoms with Crippen molar-refractivity contribution in [3.63, 3.8) is 0 Å². The van der Waals surface area contributed by atoms with Gasteiger partial charge in [-0.25, -0.2) is 0 Å². The summed E-state index contributed by atoms with van der Waals surface area (Å²) in [6.07, 6.45) is 8.78. The number of hydrogen-bond acceptors (Lipinski definition) is 6. The highest BCUT2D eigenvalue weighted by Gasteiger charge is 2.30. The van der Waals surface area contributed by atoms with Crippen LogP contribution in [0.15, 0.2) is 36.7 Å². The maximum absolute atomic E-state index is 4.55. The molecule has 2 aliphatic carbocycles. The van der Waals surface area contributed by atoms with Crippen molar-refractivity contribution >= 4 is 0 Å². The molecule has 0 radical (unpaired) electrons. The summed E-state index contributed by atoms with van der Waals surface area (Å²) >= 11 is 0. The van der Waals surface area contributed by atoms with Crippen LogP contribution < -0.4 is 10.6 Å². The second kappa shape index (κ2) is 9.52. The number of pyridine rings is 2. The number of rotatable bonds is 2. The Morgan fingerprint density at radius 3 is 1.53 bits per heavy atom. The van der Waals surface area contributed by atoms with Crippen molar-refractivity contribution < 1.29 is 0 Å². The highest BCUT2D eigenvalue weighted by atomic mass is 15.2. The molecular formula is C24H34N6. The molecule has 0 spiro atoms. The normalized spacial score (nSPS) is 26.5. The van der Waals surface area contributed by atoms with E-state index in [-0.39, 0.29) is 0 Å². The van der Waals surface area contributed by atoms with E-state index in [9.17, 15) is 0 Å². The molecule has 2 fully saturated rings. The Morgan fingerprint density at radius 2 is 1.10 bits per heavy atom. The molecule has 6 nitrogen and oxygen atoms in total. The van der Waals surface area contributed by atoms with Crippen LogP contribution in [0.2, 0.25) is 0 Å². The molecule has 30 heavy (non-hydrogen) atoms. The molecule has 160 valence electrons. The molecule has 2 saturated heterocycles. The molecular weight excluding hydrogens is 372 g/mol. The lowest BCUT2D eigenvalue weighted by Crippen LogP contribution is -2.44. The number of hydrogen-bond donors (Lipinski definition) is 2. The van der Waals surface area contributed by atoms with Crippen LogP contribution >= 0.6 is 0 Å².